The van der Waals surface area contributed by atoms with Gasteiger partial charge in [-0.25, -0.2) is 5.43 Å². The van der Waals surface area contributed by atoms with Crippen LogP contribution in [0.25, 0.3) is 0 Å². The molecule has 0 unspecified atom stereocenters. The average molecular weight is 403 g/mol. The summed E-state index contributed by atoms with van der Waals surface area (Å²) in [5.41, 5.74) is 3.51. The van der Waals surface area contributed by atoms with Crippen molar-refractivity contribution in [2.24, 2.45) is 5.10 Å². The number of nitrogens with one attached hydrogen (secondary N) is 1. The van der Waals surface area contributed by atoms with E-state index in [9.17, 15) is 4.79 Å². The number of methoxy groups -OCH3 is 1. The zero-order valence-electron chi connectivity index (χ0n) is 15.9. The average Bonchev–Trinajstić information content (AvgIpc) is 2.71. The van der Waals surface area contributed by atoms with Gasteiger partial charge < -0.3 is 14.2 Å². The van der Waals surface area contributed by atoms with E-state index in [1.807, 2.05) is 6.92 Å². The van der Waals surface area contributed by atoms with Crippen molar-refractivity contribution in [1.82, 2.24) is 5.43 Å². The van der Waals surface area contributed by atoms with E-state index in [4.69, 9.17) is 25.8 Å². The van der Waals surface area contributed by atoms with Crippen LogP contribution in [0.15, 0.2) is 54.2 Å². The zero-order valence-corrected chi connectivity index (χ0v) is 16.7. The van der Waals surface area contributed by atoms with E-state index in [1.165, 1.54) is 13.3 Å². The summed E-state index contributed by atoms with van der Waals surface area (Å²) in [5.74, 6) is 1.28. The number of hydrogen-bond acceptors (Lipinski definition) is 5. The van der Waals surface area contributed by atoms with Gasteiger partial charge in [-0.2, -0.15) is 5.10 Å². The molecule has 0 fully saturated rings. The first kappa shape index (κ1) is 21.3. The quantitative estimate of drug-likeness (QED) is 0.361. The minimum Gasteiger partial charge on any atom is -0.493 e. The second kappa shape index (κ2) is 11.0. The zero-order chi connectivity index (χ0) is 20.4. The Labute approximate surface area is 169 Å². The summed E-state index contributed by atoms with van der Waals surface area (Å²) in [5, 5.41) is 4.53. The second-order valence-electron chi connectivity index (χ2n) is 5.70. The number of carbonyl (C=O) groups is 1. The summed E-state index contributed by atoms with van der Waals surface area (Å²) >= 11 is 6.02. The molecule has 0 bridgehead atoms. The maximum Gasteiger partial charge on any atom is 0.271 e. The van der Waals surface area contributed by atoms with Gasteiger partial charge in [0.2, 0.25) is 0 Å². The van der Waals surface area contributed by atoms with E-state index < -0.39 is 0 Å². The summed E-state index contributed by atoms with van der Waals surface area (Å²) in [6, 6.07) is 10.1. The molecule has 2 aromatic carbocycles. The van der Waals surface area contributed by atoms with Gasteiger partial charge in [0, 0.05) is 16.1 Å². The van der Waals surface area contributed by atoms with Crippen molar-refractivity contribution in [2.45, 2.75) is 13.3 Å². The van der Waals surface area contributed by atoms with Crippen LogP contribution in [0.5, 0.6) is 17.2 Å². The van der Waals surface area contributed by atoms with Crippen molar-refractivity contribution in [1.29, 1.82) is 0 Å². The Morgan fingerprint density at radius 1 is 1.18 bits per heavy atom. The molecule has 0 aromatic heterocycles. The fourth-order valence-corrected chi connectivity index (χ4v) is 2.45. The Morgan fingerprint density at radius 2 is 1.96 bits per heavy atom. The number of ether oxygens (including phenoxy) is 3. The molecule has 0 saturated carbocycles. The lowest BCUT2D eigenvalue weighted by Crippen LogP contribution is -2.17. The third-order valence-corrected chi connectivity index (χ3v) is 3.82. The molecule has 1 amide bonds. The van der Waals surface area contributed by atoms with Gasteiger partial charge in [0.25, 0.3) is 5.91 Å². The molecule has 6 nitrogen and oxygen atoms in total. The van der Waals surface area contributed by atoms with Crippen molar-refractivity contribution in [3.8, 4) is 17.2 Å². The molecule has 7 heteroatoms. The first-order valence-electron chi connectivity index (χ1n) is 8.76. The standard InChI is InChI=1S/C21H23ClN2O4/c1-4-10-27-18-9-7-17(22)12-16(18)14-23-24-21(25)15-6-8-19(28-11-5-2)20(13-15)26-3/h4,6-9,12-14H,1,5,10-11H2,2-3H3,(H,24,25)/b23-14+. The molecular weight excluding hydrogens is 380 g/mol. The summed E-state index contributed by atoms with van der Waals surface area (Å²) in [7, 11) is 1.53. The van der Waals surface area contributed by atoms with E-state index >= 15 is 0 Å². The van der Waals surface area contributed by atoms with Crippen molar-refractivity contribution in [2.75, 3.05) is 20.3 Å². The number of rotatable bonds is 10. The van der Waals surface area contributed by atoms with Gasteiger partial charge in [-0.1, -0.05) is 31.2 Å². The van der Waals surface area contributed by atoms with Crippen LogP contribution < -0.4 is 19.6 Å². The van der Waals surface area contributed by atoms with Gasteiger partial charge >= 0.3 is 0 Å². The number of halogens is 1. The molecule has 0 spiro atoms. The Kier molecular flexibility index (Phi) is 8.37. The molecular formula is C21H23ClN2O4. The Balaban J connectivity index is 2.09. The van der Waals surface area contributed by atoms with Crippen molar-refractivity contribution in [3.63, 3.8) is 0 Å². The predicted octanol–water partition coefficient (Wildman–Crippen LogP) is 4.47. The third-order valence-electron chi connectivity index (χ3n) is 3.59. The summed E-state index contributed by atoms with van der Waals surface area (Å²) in [6.07, 6.45) is 3.98. The van der Waals surface area contributed by atoms with Crippen LogP contribution in [-0.4, -0.2) is 32.4 Å². The molecule has 0 aliphatic heterocycles. The maximum atomic E-state index is 12.4. The molecule has 2 rings (SSSR count). The second-order valence-corrected chi connectivity index (χ2v) is 6.13. The number of carbonyl (C=O) groups excluding carboxylic acids is 1. The van der Waals surface area contributed by atoms with Crippen molar-refractivity contribution >= 4 is 23.7 Å². The number of nitrogens with zero attached hydrogens (tertiary/aromatic N) is 1. The van der Waals surface area contributed by atoms with Gasteiger partial charge in [-0.05, 0) is 42.8 Å². The molecule has 28 heavy (non-hydrogen) atoms. The van der Waals surface area contributed by atoms with Crippen LogP contribution in [0.2, 0.25) is 5.02 Å². The predicted molar refractivity (Wildman–Crippen MR) is 111 cm³/mol. The lowest BCUT2D eigenvalue weighted by molar-refractivity contribution is 0.0954. The van der Waals surface area contributed by atoms with Crippen LogP contribution in [0, 0.1) is 0 Å². The summed E-state index contributed by atoms with van der Waals surface area (Å²) < 4.78 is 16.4. The molecule has 0 saturated heterocycles. The number of amides is 1. The topological polar surface area (TPSA) is 69.2 Å². The highest BCUT2D eigenvalue weighted by atomic mass is 35.5. The molecule has 0 heterocycles. The molecule has 0 aliphatic carbocycles. The van der Waals surface area contributed by atoms with Crippen LogP contribution >= 0.6 is 11.6 Å². The Bertz CT molecular complexity index is 852. The van der Waals surface area contributed by atoms with Gasteiger partial charge in [-0.3, -0.25) is 4.79 Å². The first-order valence-corrected chi connectivity index (χ1v) is 9.14. The smallest absolute Gasteiger partial charge is 0.271 e. The largest absolute Gasteiger partial charge is 0.493 e. The lowest BCUT2D eigenvalue weighted by Gasteiger charge is -2.11. The van der Waals surface area contributed by atoms with Gasteiger partial charge in [-0.15, -0.1) is 0 Å². The Hall–Kier alpha value is -2.99. The lowest BCUT2D eigenvalue weighted by atomic mass is 10.2. The van der Waals surface area contributed by atoms with Crippen molar-refractivity contribution in [3.05, 3.63) is 65.2 Å². The van der Waals surface area contributed by atoms with Gasteiger partial charge in [0.05, 0.1) is 19.9 Å². The van der Waals surface area contributed by atoms with Crippen molar-refractivity contribution < 1.29 is 19.0 Å². The molecule has 2 aromatic rings. The van der Waals surface area contributed by atoms with E-state index in [1.54, 1.807) is 42.5 Å². The summed E-state index contributed by atoms with van der Waals surface area (Å²) in [4.78, 5) is 12.4. The molecule has 0 atom stereocenters. The van der Waals surface area contributed by atoms with E-state index in [0.717, 1.165) is 6.42 Å². The summed E-state index contributed by atoms with van der Waals surface area (Å²) in [6.45, 7) is 6.55. The fraction of sp³-hybridized carbons (Fsp3) is 0.238. The molecule has 0 radical (unpaired) electrons. The molecule has 1 N–H and O–H groups in total. The molecule has 0 aliphatic rings. The van der Waals surface area contributed by atoms with Crippen LogP contribution in [0.4, 0.5) is 0 Å². The fourth-order valence-electron chi connectivity index (χ4n) is 2.27. The van der Waals surface area contributed by atoms with Crippen LogP contribution in [0.3, 0.4) is 0 Å². The highest BCUT2D eigenvalue weighted by Gasteiger charge is 2.11. The van der Waals surface area contributed by atoms with E-state index in [2.05, 4.69) is 17.1 Å². The minimum atomic E-state index is -0.382. The first-order chi connectivity index (χ1) is 13.6. The van der Waals surface area contributed by atoms with Gasteiger partial charge in [0.1, 0.15) is 12.4 Å². The third kappa shape index (κ3) is 6.03. The molecule has 148 valence electrons. The highest BCUT2D eigenvalue weighted by molar-refractivity contribution is 6.30. The number of benzene rings is 2. The normalized spacial score (nSPS) is 10.5. The van der Waals surface area contributed by atoms with Gasteiger partial charge in [0.15, 0.2) is 11.5 Å². The number of hydrazone groups is 1. The van der Waals surface area contributed by atoms with Crippen LogP contribution in [0.1, 0.15) is 29.3 Å². The van der Waals surface area contributed by atoms with E-state index in [0.29, 0.717) is 46.6 Å². The Morgan fingerprint density at radius 3 is 2.68 bits per heavy atom. The SMILES string of the molecule is C=CCOc1ccc(Cl)cc1/C=N/NC(=O)c1ccc(OCCC)c(OC)c1. The monoisotopic (exact) mass is 402 g/mol. The number of hydrogen-bond donors (Lipinski definition) is 1. The maximum absolute atomic E-state index is 12.4. The van der Waals surface area contributed by atoms with Crippen LogP contribution in [-0.2, 0) is 0 Å². The van der Waals surface area contributed by atoms with E-state index in [-0.39, 0.29) is 5.91 Å². The minimum absolute atomic E-state index is 0.348. The highest BCUT2D eigenvalue weighted by Crippen LogP contribution is 2.28.